The lowest BCUT2D eigenvalue weighted by Crippen LogP contribution is -2.10. The quantitative estimate of drug-likeness (QED) is 0.122. The van der Waals surface area contributed by atoms with Gasteiger partial charge in [0.1, 0.15) is 23.0 Å². The second-order valence-corrected chi connectivity index (χ2v) is 18.2. The van der Waals surface area contributed by atoms with Crippen molar-refractivity contribution < 1.29 is 18.9 Å². The molecule has 0 amide bonds. The van der Waals surface area contributed by atoms with Crippen molar-refractivity contribution in [2.45, 2.75) is 0 Å². The van der Waals surface area contributed by atoms with E-state index >= 15 is 0 Å². The largest absolute Gasteiger partial charge is 0.497 e. The predicted molar refractivity (Wildman–Crippen MR) is 300 cm³/mol. The third kappa shape index (κ3) is 6.64. The van der Waals surface area contributed by atoms with Crippen molar-refractivity contribution in [3.05, 3.63) is 218 Å². The predicted octanol–water partition coefficient (Wildman–Crippen LogP) is 17.8. The molecule has 0 radical (unpaired) electrons. The molecule has 72 heavy (non-hydrogen) atoms. The minimum atomic E-state index is 0.805. The molecule has 13 rings (SSSR count). The molecule has 0 aliphatic carbocycles. The normalized spacial score (nSPS) is 11.6. The van der Waals surface area contributed by atoms with Gasteiger partial charge in [-0.1, -0.05) is 109 Å². The van der Waals surface area contributed by atoms with Crippen LogP contribution in [0.2, 0.25) is 0 Å². The average Bonchev–Trinajstić information content (AvgIpc) is 3.97. The van der Waals surface area contributed by atoms with Gasteiger partial charge in [0.25, 0.3) is 0 Å². The summed E-state index contributed by atoms with van der Waals surface area (Å²) < 4.78 is 22.5. The third-order valence-corrected chi connectivity index (χ3v) is 14.5. The van der Waals surface area contributed by atoms with Crippen LogP contribution in [0.1, 0.15) is 0 Å². The molecule has 0 heterocycles. The standard InChI is InChI=1S/C66H48N2O4/c1-69-47-29-21-43(22-30-47)67(44-23-31-48(70-2)32-24-44)57-39-37-55-61-51(57)17-11-19-53(61)63-59(41-13-7-5-8-14-41)66-56-38-40-58(68(45-25-33-49(71-3)34-26-45)46-27-35-50(72-4)36-28-46)52-18-12-20-54(62(52)56)64(66)60(65(55)63)42-15-9-6-10-16-42/h5-40H,1-4H3. The summed E-state index contributed by atoms with van der Waals surface area (Å²) in [5.74, 6) is 3.22. The summed E-state index contributed by atoms with van der Waals surface area (Å²) in [4.78, 5) is 4.69. The minimum Gasteiger partial charge on any atom is -0.497 e. The first kappa shape index (κ1) is 42.8. The van der Waals surface area contributed by atoms with Gasteiger partial charge in [0, 0.05) is 33.5 Å². The molecule has 0 unspecified atom stereocenters. The summed E-state index contributed by atoms with van der Waals surface area (Å²) in [5.41, 5.74) is 11.1. The maximum absolute atomic E-state index is 5.63. The topological polar surface area (TPSA) is 43.4 Å². The zero-order valence-electron chi connectivity index (χ0n) is 40.3. The number of benzene rings is 11. The molecule has 0 saturated carbocycles. The van der Waals surface area contributed by atoms with Crippen LogP contribution in [0.25, 0.3) is 86.9 Å². The lowest BCUT2D eigenvalue weighted by molar-refractivity contribution is 0.414. The maximum Gasteiger partial charge on any atom is 0.119 e. The Labute approximate surface area is 417 Å². The van der Waals surface area contributed by atoms with Crippen LogP contribution in [0, 0.1) is 0 Å². The Bertz CT molecular complexity index is 3680. The third-order valence-electron chi connectivity index (χ3n) is 14.5. The Hall–Kier alpha value is -9.26. The highest BCUT2D eigenvalue weighted by Gasteiger charge is 2.30. The highest BCUT2D eigenvalue weighted by molar-refractivity contribution is 6.47. The summed E-state index contributed by atoms with van der Waals surface area (Å²) in [6, 6.07) is 78.4. The van der Waals surface area contributed by atoms with Gasteiger partial charge >= 0.3 is 0 Å². The van der Waals surface area contributed by atoms with Crippen LogP contribution >= 0.6 is 0 Å². The Morgan fingerprint density at radius 3 is 0.806 bits per heavy atom. The average molecular weight is 933 g/mol. The molecule has 0 spiro atoms. The summed E-state index contributed by atoms with van der Waals surface area (Å²) in [6.45, 7) is 0. The lowest BCUT2D eigenvalue weighted by Gasteiger charge is -2.27. The summed E-state index contributed by atoms with van der Waals surface area (Å²) in [5, 5.41) is 14.7. The molecule has 0 N–H and O–H groups in total. The number of hydrogen-bond donors (Lipinski definition) is 0. The molecule has 0 bridgehead atoms. The zero-order chi connectivity index (χ0) is 48.5. The van der Waals surface area contributed by atoms with E-state index in [9.17, 15) is 0 Å². The fourth-order valence-corrected chi connectivity index (χ4v) is 11.4. The van der Waals surface area contributed by atoms with Crippen molar-refractivity contribution in [1.29, 1.82) is 0 Å². The zero-order valence-corrected chi connectivity index (χ0v) is 40.3. The van der Waals surface area contributed by atoms with Gasteiger partial charge in [0.2, 0.25) is 0 Å². The van der Waals surface area contributed by atoms with Crippen LogP contribution in [-0.4, -0.2) is 28.4 Å². The van der Waals surface area contributed by atoms with Gasteiger partial charge in [-0.2, -0.15) is 0 Å². The summed E-state index contributed by atoms with van der Waals surface area (Å²) >= 11 is 0. The van der Waals surface area contributed by atoms with Crippen molar-refractivity contribution in [3.63, 3.8) is 0 Å². The van der Waals surface area contributed by atoms with E-state index in [0.717, 1.165) is 67.9 Å². The van der Waals surface area contributed by atoms with Crippen molar-refractivity contribution in [3.8, 4) is 45.3 Å². The van der Waals surface area contributed by atoms with E-state index < -0.39 is 0 Å². The highest BCUT2D eigenvalue weighted by atomic mass is 16.5. The molecule has 0 aliphatic rings. The molecule has 6 nitrogen and oxygen atoms in total. The molecule has 0 atom stereocenters. The minimum absolute atomic E-state index is 0.805. The molecule has 346 valence electrons. The lowest BCUT2D eigenvalue weighted by atomic mass is 9.87. The number of nitrogens with zero attached hydrogens (tertiary/aromatic N) is 2. The number of fused-ring (bicyclic) bond motifs is 6. The van der Waals surface area contributed by atoms with Gasteiger partial charge in [-0.15, -0.1) is 0 Å². The molecule has 13 aromatic carbocycles. The van der Waals surface area contributed by atoms with E-state index in [4.69, 9.17) is 18.9 Å². The van der Waals surface area contributed by atoms with Gasteiger partial charge in [-0.05, 0) is 185 Å². The molecule has 13 aromatic rings. The van der Waals surface area contributed by atoms with Gasteiger partial charge in [0.15, 0.2) is 0 Å². The van der Waals surface area contributed by atoms with Gasteiger partial charge in [-0.3, -0.25) is 0 Å². The Morgan fingerprint density at radius 2 is 0.514 bits per heavy atom. The fraction of sp³-hybridized carbons (Fsp3) is 0.0606. The van der Waals surface area contributed by atoms with Gasteiger partial charge < -0.3 is 28.7 Å². The van der Waals surface area contributed by atoms with Crippen LogP contribution in [0.4, 0.5) is 34.1 Å². The second-order valence-electron chi connectivity index (χ2n) is 18.2. The molecule has 0 saturated heterocycles. The Balaban J connectivity index is 1.16. The van der Waals surface area contributed by atoms with Crippen LogP contribution in [0.5, 0.6) is 23.0 Å². The molecule has 0 aromatic heterocycles. The van der Waals surface area contributed by atoms with Gasteiger partial charge in [-0.25, -0.2) is 0 Å². The number of hydrogen-bond acceptors (Lipinski definition) is 6. The van der Waals surface area contributed by atoms with Crippen LogP contribution in [0.3, 0.4) is 0 Å². The number of ether oxygens (including phenoxy) is 4. The molecule has 0 aliphatic heterocycles. The van der Waals surface area contributed by atoms with E-state index in [2.05, 4.69) is 180 Å². The van der Waals surface area contributed by atoms with E-state index in [0.29, 0.717) is 0 Å². The molecular weight excluding hydrogens is 885 g/mol. The Kier molecular flexibility index (Phi) is 10.3. The number of rotatable bonds is 12. The summed E-state index contributed by atoms with van der Waals surface area (Å²) in [7, 11) is 6.83. The van der Waals surface area contributed by atoms with Gasteiger partial charge in [0.05, 0.1) is 39.8 Å². The Morgan fingerprint density at radius 1 is 0.236 bits per heavy atom. The molecule has 6 heteroatoms. The smallest absolute Gasteiger partial charge is 0.119 e. The number of methoxy groups -OCH3 is 4. The van der Waals surface area contributed by atoms with E-state index in [1.165, 1.54) is 76.1 Å². The van der Waals surface area contributed by atoms with E-state index in [1.54, 1.807) is 28.4 Å². The maximum atomic E-state index is 5.63. The first-order valence-electron chi connectivity index (χ1n) is 24.2. The summed E-state index contributed by atoms with van der Waals surface area (Å²) in [6.07, 6.45) is 0. The van der Waals surface area contributed by atoms with Crippen molar-refractivity contribution in [2.75, 3.05) is 38.2 Å². The first-order chi connectivity index (χ1) is 35.6. The van der Waals surface area contributed by atoms with E-state index in [-0.39, 0.29) is 0 Å². The highest BCUT2D eigenvalue weighted by Crippen LogP contribution is 2.57. The van der Waals surface area contributed by atoms with Crippen LogP contribution < -0.4 is 28.7 Å². The second kappa shape index (κ2) is 17.3. The molecule has 0 fully saturated rings. The first-order valence-corrected chi connectivity index (χ1v) is 24.2. The van der Waals surface area contributed by atoms with Crippen molar-refractivity contribution in [2.24, 2.45) is 0 Å². The van der Waals surface area contributed by atoms with Crippen LogP contribution in [-0.2, 0) is 0 Å². The fourth-order valence-electron chi connectivity index (χ4n) is 11.4. The molecular formula is C66H48N2O4. The van der Waals surface area contributed by atoms with Crippen molar-refractivity contribution >= 4 is 98.8 Å². The monoisotopic (exact) mass is 932 g/mol. The number of anilines is 6. The SMILES string of the molecule is COc1ccc(N(c2ccc(OC)cc2)c2ccc3c4c(-c5ccccc5)c5c6cccc7c(N(c8ccc(OC)cc8)c8ccc(OC)cc8)ccc(c5c(-c5ccccc5)c4c4cccc2c43)c76)cc1. The van der Waals surface area contributed by atoms with Crippen LogP contribution in [0.15, 0.2) is 218 Å². The van der Waals surface area contributed by atoms with E-state index in [1.807, 2.05) is 48.5 Å². The van der Waals surface area contributed by atoms with Crippen molar-refractivity contribution in [1.82, 2.24) is 0 Å².